The Labute approximate surface area is 164 Å². The number of aryl methyl sites for hydroxylation is 1. The van der Waals surface area contributed by atoms with Crippen molar-refractivity contribution in [2.45, 2.75) is 19.8 Å². The molecule has 0 atom stereocenters. The fourth-order valence-electron chi connectivity index (χ4n) is 3.43. The van der Waals surface area contributed by atoms with Gasteiger partial charge in [0, 0.05) is 24.2 Å². The third kappa shape index (κ3) is 3.75. The van der Waals surface area contributed by atoms with Gasteiger partial charge in [-0.2, -0.15) is 0 Å². The largest absolute Gasteiger partial charge is 0.317 e. The number of rotatable bonds is 1. The molecule has 4 heterocycles. The number of aromatic nitrogens is 3. The molecular formula is C21H19F3N4O. The van der Waals surface area contributed by atoms with Crippen LogP contribution in [0.3, 0.4) is 0 Å². The van der Waals surface area contributed by atoms with Crippen LogP contribution < -0.4 is 10.9 Å². The summed E-state index contributed by atoms with van der Waals surface area (Å²) >= 11 is 0. The van der Waals surface area contributed by atoms with Crippen LogP contribution in [0.4, 0.5) is 13.3 Å². The van der Waals surface area contributed by atoms with Gasteiger partial charge in [0.05, 0.1) is 11.1 Å². The molecule has 0 radical (unpaired) electrons. The molecule has 3 aromatic heterocycles. The summed E-state index contributed by atoms with van der Waals surface area (Å²) < 4.78 is 43.3. The lowest BCUT2D eigenvalue weighted by Gasteiger charge is -2.07. The zero-order valence-electron chi connectivity index (χ0n) is 15.8. The van der Waals surface area contributed by atoms with E-state index in [1.165, 1.54) is 48.5 Å². The highest BCUT2D eigenvalue weighted by molar-refractivity contribution is 5.87. The van der Waals surface area contributed by atoms with Gasteiger partial charge < -0.3 is 9.72 Å². The number of nitrogens with zero attached hydrogens (tertiary/aromatic N) is 3. The molecule has 5 rings (SSSR count). The van der Waals surface area contributed by atoms with Gasteiger partial charge in [-0.25, -0.2) is 13.8 Å². The molecular weight excluding hydrogens is 381 g/mol. The van der Waals surface area contributed by atoms with Crippen molar-refractivity contribution in [3.05, 3.63) is 70.5 Å². The lowest BCUT2D eigenvalue weighted by atomic mass is 10.0. The minimum atomic E-state index is -1.07. The molecule has 1 saturated heterocycles. The minimum absolute atomic E-state index is 0.176. The molecule has 0 amide bonds. The average molecular weight is 400 g/mol. The first-order valence-corrected chi connectivity index (χ1v) is 9.31. The van der Waals surface area contributed by atoms with E-state index in [4.69, 9.17) is 0 Å². The Morgan fingerprint density at radius 2 is 1.76 bits per heavy atom. The Morgan fingerprint density at radius 1 is 1.03 bits per heavy atom. The zero-order chi connectivity index (χ0) is 20.5. The summed E-state index contributed by atoms with van der Waals surface area (Å²) in [6, 6.07) is 5.15. The Balaban J connectivity index is 0.000000359. The maximum atomic E-state index is 14.3. The summed E-state index contributed by atoms with van der Waals surface area (Å²) in [4.78, 5) is 15.6. The number of halogens is 3. The van der Waals surface area contributed by atoms with E-state index in [9.17, 15) is 18.1 Å². The van der Waals surface area contributed by atoms with Crippen molar-refractivity contribution in [1.82, 2.24) is 19.5 Å². The minimum Gasteiger partial charge on any atom is -0.317 e. The Kier molecular flexibility index (Phi) is 5.10. The van der Waals surface area contributed by atoms with E-state index >= 15 is 0 Å². The highest BCUT2D eigenvalue weighted by atomic mass is 19.2. The topological polar surface area (TPSA) is 51.3 Å². The highest BCUT2D eigenvalue weighted by Gasteiger charge is 2.13. The molecule has 29 heavy (non-hydrogen) atoms. The fraction of sp³-hybridized carbons (Fsp3) is 0.238. The summed E-state index contributed by atoms with van der Waals surface area (Å²) in [5, 5.41) is 3.12. The maximum Gasteiger partial charge on any atom is 0.289 e. The summed E-state index contributed by atoms with van der Waals surface area (Å²) in [6.07, 6.45) is 6.97. The van der Waals surface area contributed by atoms with Gasteiger partial charge in [0.2, 0.25) is 0 Å². The van der Waals surface area contributed by atoms with E-state index in [1.54, 1.807) is 19.3 Å². The van der Waals surface area contributed by atoms with Crippen LogP contribution >= 0.6 is 0 Å². The molecule has 1 aliphatic heterocycles. The van der Waals surface area contributed by atoms with Crippen LogP contribution in [0.1, 0.15) is 18.5 Å². The third-order valence-electron chi connectivity index (χ3n) is 4.83. The highest BCUT2D eigenvalue weighted by Crippen LogP contribution is 2.27. The first-order valence-electron chi connectivity index (χ1n) is 9.31. The third-order valence-corrected chi connectivity index (χ3v) is 4.83. The molecule has 150 valence electrons. The molecule has 1 aliphatic rings. The van der Waals surface area contributed by atoms with Gasteiger partial charge >= 0.3 is 0 Å². The van der Waals surface area contributed by atoms with Crippen LogP contribution in [0.2, 0.25) is 0 Å². The van der Waals surface area contributed by atoms with Crippen molar-refractivity contribution in [3.63, 3.8) is 0 Å². The van der Waals surface area contributed by atoms with Crippen LogP contribution in [-0.2, 0) is 0 Å². The van der Waals surface area contributed by atoms with E-state index in [2.05, 4.69) is 10.3 Å². The summed E-state index contributed by atoms with van der Waals surface area (Å²) in [7, 11) is 0. The van der Waals surface area contributed by atoms with Crippen molar-refractivity contribution in [1.29, 1.82) is 0 Å². The first-order chi connectivity index (χ1) is 13.9. The fourth-order valence-corrected chi connectivity index (χ4v) is 3.43. The lowest BCUT2D eigenvalue weighted by molar-refractivity contribution is 0.354. The quantitative estimate of drug-likeness (QED) is 0.525. The van der Waals surface area contributed by atoms with E-state index in [1.807, 2.05) is 0 Å². The summed E-state index contributed by atoms with van der Waals surface area (Å²) in [5.41, 5.74) is 0.561. The van der Waals surface area contributed by atoms with E-state index in [0.29, 0.717) is 16.8 Å². The average Bonchev–Trinajstić information content (AvgIpc) is 3.37. The van der Waals surface area contributed by atoms with Crippen LogP contribution in [0.5, 0.6) is 0 Å². The van der Waals surface area contributed by atoms with E-state index in [0.717, 1.165) is 12.3 Å². The molecule has 4 aromatic rings. The van der Waals surface area contributed by atoms with Crippen LogP contribution in [0.15, 0.2) is 47.7 Å². The van der Waals surface area contributed by atoms with Gasteiger partial charge in [-0.3, -0.25) is 4.79 Å². The van der Waals surface area contributed by atoms with Crippen molar-refractivity contribution < 1.29 is 13.3 Å². The van der Waals surface area contributed by atoms with Gasteiger partial charge in [-0.1, -0.05) is 4.48 Å². The van der Waals surface area contributed by atoms with Crippen LogP contribution in [-0.4, -0.2) is 27.3 Å². The van der Waals surface area contributed by atoms with E-state index in [-0.39, 0.29) is 21.2 Å². The monoisotopic (exact) mass is 400 g/mol. The molecule has 1 aromatic carbocycles. The summed E-state index contributed by atoms with van der Waals surface area (Å²) in [5.74, 6) is -1.40. The molecule has 0 bridgehead atoms. The number of hydrogen-bond donors (Lipinski definition) is 1. The normalized spacial score (nSPS) is 13.7. The number of hydrogen-bond acceptors (Lipinski definition) is 3. The molecule has 0 saturated carbocycles. The number of fused-ring (bicyclic) bond motifs is 2. The van der Waals surface area contributed by atoms with Crippen molar-refractivity contribution in [2.24, 2.45) is 0 Å². The second kappa shape index (κ2) is 7.71. The number of pyridine rings is 2. The SMILES string of the molecule is C1CCNC1.Cc1cn2cc(-c3cc(F)c4c(=O)n(F)ccc4c3)cc(F)c2n1. The van der Waals surface area contributed by atoms with Crippen LogP contribution in [0, 0.1) is 18.6 Å². The van der Waals surface area contributed by atoms with Gasteiger partial charge in [0.25, 0.3) is 5.56 Å². The standard InChI is InChI=1S/C17H10F3N3O.C4H9N/c1-9-7-22-8-12(6-14(19)16(22)21-9)11-4-10-2-3-23(20)17(24)15(10)13(18)5-11;1-2-4-5-3-1/h2-8H,1H3;5H,1-4H2. The number of benzene rings is 1. The molecule has 0 unspecified atom stereocenters. The van der Waals surface area contributed by atoms with Gasteiger partial charge in [-0.15, -0.1) is 4.79 Å². The second-order valence-corrected chi connectivity index (χ2v) is 7.00. The van der Waals surface area contributed by atoms with Crippen molar-refractivity contribution in [3.8, 4) is 11.1 Å². The number of imidazole rings is 1. The Bertz CT molecular complexity index is 1250. The van der Waals surface area contributed by atoms with Gasteiger partial charge in [0.15, 0.2) is 11.5 Å². The van der Waals surface area contributed by atoms with Crippen molar-refractivity contribution >= 4 is 16.4 Å². The molecule has 0 spiro atoms. The van der Waals surface area contributed by atoms with Gasteiger partial charge in [-0.05, 0) is 68.1 Å². The molecule has 8 heteroatoms. The Hall–Kier alpha value is -3.13. The molecule has 1 N–H and O–H groups in total. The first kappa shape index (κ1) is 19.2. The maximum absolute atomic E-state index is 14.3. The molecule has 5 nitrogen and oxygen atoms in total. The molecule has 1 fully saturated rings. The van der Waals surface area contributed by atoms with Gasteiger partial charge in [0.1, 0.15) is 5.82 Å². The smallest absolute Gasteiger partial charge is 0.289 e. The number of nitrogens with one attached hydrogen (secondary N) is 1. The predicted molar refractivity (Wildman–Crippen MR) is 106 cm³/mol. The van der Waals surface area contributed by atoms with E-state index < -0.39 is 17.2 Å². The van der Waals surface area contributed by atoms with Crippen molar-refractivity contribution in [2.75, 3.05) is 13.1 Å². The second-order valence-electron chi connectivity index (χ2n) is 7.00. The lowest BCUT2D eigenvalue weighted by Crippen LogP contribution is -2.14. The predicted octanol–water partition coefficient (Wildman–Crippen LogP) is 4.01. The zero-order valence-corrected chi connectivity index (χ0v) is 15.8. The summed E-state index contributed by atoms with van der Waals surface area (Å²) in [6.45, 7) is 4.24. The Morgan fingerprint density at radius 3 is 2.45 bits per heavy atom. The van der Waals surface area contributed by atoms with Crippen LogP contribution in [0.25, 0.3) is 27.5 Å². The molecule has 0 aliphatic carbocycles.